The van der Waals surface area contributed by atoms with E-state index in [1.54, 1.807) is 0 Å². The maximum Gasteiger partial charge on any atom is 0.220 e. The summed E-state index contributed by atoms with van der Waals surface area (Å²) in [7, 11) is 0. The average molecular weight is 395 g/mol. The summed E-state index contributed by atoms with van der Waals surface area (Å²) in [5, 5.41) is 6.47. The summed E-state index contributed by atoms with van der Waals surface area (Å²) in [5.41, 5.74) is 0.222. The van der Waals surface area contributed by atoms with Crippen LogP contribution in [0, 0.1) is 10.8 Å². The van der Waals surface area contributed by atoms with Crippen LogP contribution in [-0.4, -0.2) is 24.4 Å². The van der Waals surface area contributed by atoms with Gasteiger partial charge in [0.25, 0.3) is 0 Å². The fourth-order valence-electron chi connectivity index (χ4n) is 5.00. The number of nitrogens with one attached hydrogen (secondary N) is 2. The molecule has 4 heteroatoms. The van der Waals surface area contributed by atoms with E-state index in [2.05, 4.69) is 45.3 Å². The molecule has 28 heavy (non-hydrogen) atoms. The molecular formula is C24H46N2O2. The first-order valence-electron chi connectivity index (χ1n) is 11.8. The van der Waals surface area contributed by atoms with Crippen molar-refractivity contribution in [2.45, 2.75) is 124 Å². The van der Waals surface area contributed by atoms with Crippen molar-refractivity contribution < 1.29 is 9.59 Å². The van der Waals surface area contributed by atoms with Crippen molar-refractivity contribution in [1.29, 1.82) is 0 Å². The summed E-state index contributed by atoms with van der Waals surface area (Å²) in [6.45, 7) is 11.9. The van der Waals surface area contributed by atoms with E-state index >= 15 is 0 Å². The summed E-state index contributed by atoms with van der Waals surface area (Å²) in [6, 6.07) is 0.217. The molecule has 0 aromatic rings. The maximum atomic E-state index is 12.4. The van der Waals surface area contributed by atoms with Gasteiger partial charge in [0.1, 0.15) is 0 Å². The molecule has 0 heterocycles. The topological polar surface area (TPSA) is 58.2 Å². The fourth-order valence-corrected chi connectivity index (χ4v) is 5.00. The number of hydrogen-bond acceptors (Lipinski definition) is 2. The lowest BCUT2D eigenvalue weighted by Gasteiger charge is -2.47. The molecule has 0 spiro atoms. The van der Waals surface area contributed by atoms with E-state index in [0.717, 1.165) is 44.9 Å². The molecular weight excluding hydrogens is 348 g/mol. The van der Waals surface area contributed by atoms with Crippen LogP contribution in [-0.2, 0) is 9.59 Å². The molecule has 1 rings (SSSR count). The second kappa shape index (κ2) is 12.5. The van der Waals surface area contributed by atoms with E-state index < -0.39 is 0 Å². The maximum absolute atomic E-state index is 12.4. The molecule has 0 saturated heterocycles. The van der Waals surface area contributed by atoms with Crippen molar-refractivity contribution in [1.82, 2.24) is 10.6 Å². The summed E-state index contributed by atoms with van der Waals surface area (Å²) in [4.78, 5) is 24.6. The molecule has 0 aromatic carbocycles. The summed E-state index contributed by atoms with van der Waals surface area (Å²) < 4.78 is 0. The predicted octanol–water partition coefficient (Wildman–Crippen LogP) is 5.74. The molecule has 2 atom stereocenters. The number of amides is 2. The Labute approximate surface area is 174 Å². The van der Waals surface area contributed by atoms with E-state index in [1.807, 2.05) is 0 Å². The summed E-state index contributed by atoms with van der Waals surface area (Å²) in [6.07, 6.45) is 13.4. The molecule has 1 saturated carbocycles. The first-order chi connectivity index (χ1) is 13.2. The second-order valence-corrected chi connectivity index (χ2v) is 10.2. The third-order valence-corrected chi connectivity index (χ3v) is 6.04. The highest BCUT2D eigenvalue weighted by molar-refractivity contribution is 5.76. The minimum Gasteiger partial charge on any atom is -0.356 e. The zero-order chi connectivity index (χ0) is 21.0. The van der Waals surface area contributed by atoms with E-state index in [1.165, 1.54) is 25.7 Å². The van der Waals surface area contributed by atoms with Crippen molar-refractivity contribution in [3.8, 4) is 0 Å². The second-order valence-electron chi connectivity index (χ2n) is 10.2. The normalized spacial score (nSPS) is 24.0. The van der Waals surface area contributed by atoms with Crippen molar-refractivity contribution in [3.63, 3.8) is 0 Å². The number of carbonyl (C=O) groups is 2. The molecule has 0 radical (unpaired) electrons. The van der Waals surface area contributed by atoms with Gasteiger partial charge in [-0.3, -0.25) is 9.59 Å². The van der Waals surface area contributed by atoms with Gasteiger partial charge in [-0.15, -0.1) is 0 Å². The van der Waals surface area contributed by atoms with Crippen molar-refractivity contribution in [2.24, 2.45) is 10.8 Å². The zero-order valence-corrected chi connectivity index (χ0v) is 19.3. The number of rotatable bonds is 13. The Balaban J connectivity index is 2.47. The lowest BCUT2D eigenvalue weighted by Crippen LogP contribution is -2.50. The smallest absolute Gasteiger partial charge is 0.220 e. The lowest BCUT2D eigenvalue weighted by atomic mass is 9.62. The van der Waals surface area contributed by atoms with Gasteiger partial charge >= 0.3 is 0 Å². The molecule has 1 fully saturated rings. The van der Waals surface area contributed by atoms with E-state index in [4.69, 9.17) is 0 Å². The lowest BCUT2D eigenvalue weighted by molar-refractivity contribution is -0.124. The minimum absolute atomic E-state index is 0.0426. The van der Waals surface area contributed by atoms with Crippen molar-refractivity contribution in [2.75, 3.05) is 6.54 Å². The molecule has 0 aliphatic heterocycles. The Bertz CT molecular complexity index is 475. The SMILES string of the molecule is CCCCCCC(=O)NCC1(C)CC(NC(=O)CCCCCC)CC(C)(C)C1. The van der Waals surface area contributed by atoms with Gasteiger partial charge < -0.3 is 10.6 Å². The summed E-state index contributed by atoms with van der Waals surface area (Å²) >= 11 is 0. The van der Waals surface area contributed by atoms with Crippen LogP contribution in [0.4, 0.5) is 0 Å². The standard InChI is InChI=1S/C24H46N2O2/c1-6-8-10-12-14-21(27)25-19-24(5)17-20(16-23(3,4)18-24)26-22(28)15-13-11-9-7-2/h20H,6-19H2,1-5H3,(H,25,27)(H,26,28). The van der Waals surface area contributed by atoms with E-state index in [0.29, 0.717) is 19.4 Å². The highest BCUT2D eigenvalue weighted by atomic mass is 16.2. The van der Waals surface area contributed by atoms with Gasteiger partial charge in [-0.1, -0.05) is 73.1 Å². The third kappa shape index (κ3) is 10.5. The average Bonchev–Trinajstić information content (AvgIpc) is 2.59. The Morgan fingerprint density at radius 1 is 0.821 bits per heavy atom. The Hall–Kier alpha value is -1.06. The highest BCUT2D eigenvalue weighted by Gasteiger charge is 2.41. The predicted molar refractivity (Wildman–Crippen MR) is 118 cm³/mol. The Kier molecular flexibility index (Phi) is 11.1. The molecule has 2 amide bonds. The van der Waals surface area contributed by atoms with Crippen LogP contribution >= 0.6 is 0 Å². The number of carbonyl (C=O) groups excluding carboxylic acids is 2. The van der Waals surface area contributed by atoms with Crippen molar-refractivity contribution in [3.05, 3.63) is 0 Å². The molecule has 1 aliphatic carbocycles. The Morgan fingerprint density at radius 2 is 1.39 bits per heavy atom. The molecule has 2 unspecified atom stereocenters. The van der Waals surface area contributed by atoms with Crippen molar-refractivity contribution >= 4 is 11.8 Å². The largest absolute Gasteiger partial charge is 0.356 e. The van der Waals surface area contributed by atoms with Crippen LogP contribution in [0.5, 0.6) is 0 Å². The van der Waals surface area contributed by atoms with Gasteiger partial charge in [0.2, 0.25) is 11.8 Å². The van der Waals surface area contributed by atoms with Crippen LogP contribution in [0.2, 0.25) is 0 Å². The van der Waals surface area contributed by atoms with Gasteiger partial charge in [0.15, 0.2) is 0 Å². The van der Waals surface area contributed by atoms with Gasteiger partial charge in [-0.25, -0.2) is 0 Å². The molecule has 2 N–H and O–H groups in total. The van der Waals surface area contributed by atoms with Crippen LogP contribution in [0.15, 0.2) is 0 Å². The molecule has 0 bridgehead atoms. The van der Waals surface area contributed by atoms with Gasteiger partial charge in [0.05, 0.1) is 0 Å². The number of hydrogen-bond donors (Lipinski definition) is 2. The van der Waals surface area contributed by atoms with Crippen LogP contribution < -0.4 is 10.6 Å². The first-order valence-corrected chi connectivity index (χ1v) is 11.8. The van der Waals surface area contributed by atoms with Crippen LogP contribution in [0.25, 0.3) is 0 Å². The molecule has 1 aliphatic rings. The van der Waals surface area contributed by atoms with Crippen LogP contribution in [0.1, 0.15) is 118 Å². The monoisotopic (exact) mass is 394 g/mol. The van der Waals surface area contributed by atoms with E-state index in [-0.39, 0.29) is 28.7 Å². The van der Waals surface area contributed by atoms with E-state index in [9.17, 15) is 9.59 Å². The highest BCUT2D eigenvalue weighted by Crippen LogP contribution is 2.45. The first kappa shape index (κ1) is 25.0. The van der Waals surface area contributed by atoms with Crippen LogP contribution in [0.3, 0.4) is 0 Å². The number of unbranched alkanes of at least 4 members (excludes halogenated alkanes) is 6. The molecule has 4 nitrogen and oxygen atoms in total. The van der Waals surface area contributed by atoms with Gasteiger partial charge in [0, 0.05) is 25.4 Å². The third-order valence-electron chi connectivity index (χ3n) is 6.04. The van der Waals surface area contributed by atoms with Gasteiger partial charge in [-0.2, -0.15) is 0 Å². The molecule has 164 valence electrons. The van der Waals surface area contributed by atoms with Gasteiger partial charge in [-0.05, 0) is 42.9 Å². The quantitative estimate of drug-likeness (QED) is 0.391. The molecule has 0 aromatic heterocycles. The zero-order valence-electron chi connectivity index (χ0n) is 19.3. The summed E-state index contributed by atoms with van der Waals surface area (Å²) in [5.74, 6) is 0.373. The Morgan fingerprint density at radius 3 is 1.96 bits per heavy atom. The minimum atomic E-state index is 0.0426. The fraction of sp³-hybridized carbons (Fsp3) is 0.917.